The van der Waals surface area contributed by atoms with Crippen molar-refractivity contribution < 1.29 is 18.0 Å². The number of pyridine rings is 1. The second-order valence-corrected chi connectivity index (χ2v) is 7.61. The number of amides is 1. The SMILES string of the molecule is O=C(CSc1nnc2ccccn12)Nc1cc(C(F)(F)F)ccc1N1CCCC1. The highest BCUT2D eigenvalue weighted by Gasteiger charge is 2.32. The Bertz CT molecular complexity index is 1030. The summed E-state index contributed by atoms with van der Waals surface area (Å²) in [4.78, 5) is 14.5. The van der Waals surface area contributed by atoms with Gasteiger partial charge in [-0.2, -0.15) is 13.2 Å². The van der Waals surface area contributed by atoms with Crippen LogP contribution in [0.1, 0.15) is 18.4 Å². The van der Waals surface area contributed by atoms with Crippen LogP contribution in [-0.2, 0) is 11.0 Å². The maximum atomic E-state index is 13.1. The van der Waals surface area contributed by atoms with Crippen LogP contribution >= 0.6 is 11.8 Å². The summed E-state index contributed by atoms with van der Waals surface area (Å²) in [5, 5.41) is 11.2. The molecule has 0 bridgehead atoms. The quantitative estimate of drug-likeness (QED) is 0.629. The summed E-state index contributed by atoms with van der Waals surface area (Å²) in [6.07, 6.45) is -0.736. The van der Waals surface area contributed by atoms with Crippen molar-refractivity contribution in [2.45, 2.75) is 24.2 Å². The smallest absolute Gasteiger partial charge is 0.370 e. The van der Waals surface area contributed by atoms with Gasteiger partial charge in [0.2, 0.25) is 5.91 Å². The molecule has 0 unspecified atom stereocenters. The molecule has 152 valence electrons. The molecule has 1 saturated heterocycles. The zero-order valence-corrected chi connectivity index (χ0v) is 16.1. The third-order valence-electron chi connectivity index (χ3n) is 4.66. The number of carbonyl (C=O) groups is 1. The first-order valence-corrected chi connectivity index (χ1v) is 10.1. The molecule has 1 aromatic carbocycles. The average molecular weight is 421 g/mol. The Morgan fingerprint density at radius 2 is 1.93 bits per heavy atom. The molecule has 0 saturated carbocycles. The predicted molar refractivity (Wildman–Crippen MR) is 105 cm³/mol. The summed E-state index contributed by atoms with van der Waals surface area (Å²) in [6, 6.07) is 8.94. The fourth-order valence-corrected chi connectivity index (χ4v) is 4.00. The van der Waals surface area contributed by atoms with E-state index < -0.39 is 17.6 Å². The molecule has 0 aliphatic carbocycles. The highest BCUT2D eigenvalue weighted by atomic mass is 32.2. The molecule has 10 heteroatoms. The van der Waals surface area contributed by atoms with E-state index in [1.165, 1.54) is 17.8 Å². The van der Waals surface area contributed by atoms with Crippen LogP contribution in [0.15, 0.2) is 47.8 Å². The Morgan fingerprint density at radius 3 is 2.69 bits per heavy atom. The number of fused-ring (bicyclic) bond motifs is 1. The summed E-state index contributed by atoms with van der Waals surface area (Å²) < 4.78 is 41.2. The Balaban J connectivity index is 1.51. The normalized spacial score (nSPS) is 14.5. The maximum Gasteiger partial charge on any atom is 0.416 e. The summed E-state index contributed by atoms with van der Waals surface area (Å²) in [6.45, 7) is 1.52. The molecule has 0 atom stereocenters. The van der Waals surface area contributed by atoms with Gasteiger partial charge in [-0.1, -0.05) is 17.8 Å². The number of benzene rings is 1. The van der Waals surface area contributed by atoms with Crippen LogP contribution in [0.5, 0.6) is 0 Å². The van der Waals surface area contributed by atoms with Gasteiger partial charge in [-0.3, -0.25) is 9.20 Å². The number of rotatable bonds is 5. The summed E-state index contributed by atoms with van der Waals surface area (Å²) >= 11 is 1.17. The van der Waals surface area contributed by atoms with Crippen LogP contribution in [0, 0.1) is 0 Å². The van der Waals surface area contributed by atoms with Gasteiger partial charge < -0.3 is 10.2 Å². The molecule has 1 aliphatic heterocycles. The standard InChI is InChI=1S/C19H18F3N5OS/c20-19(21,22)13-6-7-15(26-8-3-4-9-26)14(11-13)23-17(28)12-29-18-25-24-16-5-1-2-10-27(16)18/h1-2,5-7,10-11H,3-4,8-9,12H2,(H,23,28). The first-order valence-electron chi connectivity index (χ1n) is 9.10. The highest BCUT2D eigenvalue weighted by molar-refractivity contribution is 7.99. The van der Waals surface area contributed by atoms with E-state index in [4.69, 9.17) is 0 Å². The zero-order valence-electron chi connectivity index (χ0n) is 15.3. The van der Waals surface area contributed by atoms with E-state index in [0.29, 0.717) is 16.5 Å². The first-order chi connectivity index (χ1) is 13.9. The van der Waals surface area contributed by atoms with Crippen molar-refractivity contribution in [3.63, 3.8) is 0 Å². The van der Waals surface area contributed by atoms with Gasteiger partial charge in [0.15, 0.2) is 10.8 Å². The molecule has 0 radical (unpaired) electrons. The van der Waals surface area contributed by atoms with E-state index in [2.05, 4.69) is 15.5 Å². The number of aromatic nitrogens is 3. The number of hydrogen-bond acceptors (Lipinski definition) is 5. The van der Waals surface area contributed by atoms with E-state index in [-0.39, 0.29) is 11.4 Å². The van der Waals surface area contributed by atoms with Crippen molar-refractivity contribution in [1.82, 2.24) is 14.6 Å². The third-order valence-corrected chi connectivity index (χ3v) is 5.60. The van der Waals surface area contributed by atoms with Crippen molar-refractivity contribution in [2.75, 3.05) is 29.1 Å². The lowest BCUT2D eigenvalue weighted by molar-refractivity contribution is -0.137. The minimum Gasteiger partial charge on any atom is -0.370 e. The fraction of sp³-hybridized carbons (Fsp3) is 0.316. The van der Waals surface area contributed by atoms with Crippen LogP contribution in [0.4, 0.5) is 24.5 Å². The van der Waals surface area contributed by atoms with Crippen molar-refractivity contribution in [3.05, 3.63) is 48.2 Å². The molecular formula is C19H18F3N5OS. The largest absolute Gasteiger partial charge is 0.416 e. The van der Waals surface area contributed by atoms with Gasteiger partial charge in [0.05, 0.1) is 22.7 Å². The van der Waals surface area contributed by atoms with Gasteiger partial charge >= 0.3 is 6.18 Å². The molecule has 4 rings (SSSR count). The van der Waals surface area contributed by atoms with E-state index in [1.54, 1.807) is 16.7 Å². The summed E-state index contributed by atoms with van der Waals surface area (Å²) in [5.41, 5.74) is 0.664. The molecule has 29 heavy (non-hydrogen) atoms. The number of carbonyl (C=O) groups excluding carboxylic acids is 1. The number of hydrogen-bond donors (Lipinski definition) is 1. The molecule has 0 spiro atoms. The number of nitrogens with one attached hydrogen (secondary N) is 1. The minimum atomic E-state index is -4.47. The van der Waals surface area contributed by atoms with Crippen LogP contribution < -0.4 is 10.2 Å². The Labute approximate surface area is 169 Å². The van der Waals surface area contributed by atoms with Gasteiger partial charge in [-0.25, -0.2) is 0 Å². The molecular weight excluding hydrogens is 403 g/mol. The minimum absolute atomic E-state index is 0.00533. The van der Waals surface area contributed by atoms with Crippen molar-refractivity contribution in [3.8, 4) is 0 Å². The topological polar surface area (TPSA) is 62.5 Å². The van der Waals surface area contributed by atoms with Crippen LogP contribution in [0.3, 0.4) is 0 Å². The van der Waals surface area contributed by atoms with E-state index in [1.807, 2.05) is 17.0 Å². The molecule has 1 fully saturated rings. The van der Waals surface area contributed by atoms with Crippen LogP contribution in [0.25, 0.3) is 5.65 Å². The molecule has 6 nitrogen and oxygen atoms in total. The van der Waals surface area contributed by atoms with Gasteiger partial charge in [0, 0.05) is 19.3 Å². The number of anilines is 2. The fourth-order valence-electron chi connectivity index (χ4n) is 3.28. The van der Waals surface area contributed by atoms with Gasteiger partial charge in [0.25, 0.3) is 0 Å². The molecule has 1 amide bonds. The van der Waals surface area contributed by atoms with E-state index in [9.17, 15) is 18.0 Å². The lowest BCUT2D eigenvalue weighted by Gasteiger charge is -2.23. The average Bonchev–Trinajstić information content (AvgIpc) is 3.36. The van der Waals surface area contributed by atoms with Crippen LogP contribution in [-0.4, -0.2) is 39.3 Å². The van der Waals surface area contributed by atoms with Gasteiger partial charge in [-0.05, 0) is 43.2 Å². The predicted octanol–water partition coefficient (Wildman–Crippen LogP) is 4.08. The number of nitrogens with zero attached hydrogens (tertiary/aromatic N) is 4. The zero-order chi connectivity index (χ0) is 20.4. The second-order valence-electron chi connectivity index (χ2n) is 6.67. The monoisotopic (exact) mass is 421 g/mol. The number of halogens is 3. The molecule has 1 aliphatic rings. The molecule has 2 aromatic heterocycles. The highest BCUT2D eigenvalue weighted by Crippen LogP contribution is 2.36. The molecule has 3 aromatic rings. The van der Waals surface area contributed by atoms with Gasteiger partial charge in [-0.15, -0.1) is 10.2 Å². The maximum absolute atomic E-state index is 13.1. The molecule has 1 N–H and O–H groups in total. The lowest BCUT2D eigenvalue weighted by atomic mass is 10.1. The van der Waals surface area contributed by atoms with Crippen molar-refractivity contribution in [2.24, 2.45) is 0 Å². The number of alkyl halides is 3. The van der Waals surface area contributed by atoms with E-state index >= 15 is 0 Å². The molecule has 3 heterocycles. The Kier molecular flexibility index (Phi) is 5.35. The first kappa shape index (κ1) is 19.6. The summed E-state index contributed by atoms with van der Waals surface area (Å²) in [5.74, 6) is -0.395. The van der Waals surface area contributed by atoms with Gasteiger partial charge in [0.1, 0.15) is 0 Å². The Morgan fingerprint density at radius 1 is 1.14 bits per heavy atom. The van der Waals surface area contributed by atoms with Crippen molar-refractivity contribution >= 4 is 34.7 Å². The third kappa shape index (κ3) is 4.31. The summed E-state index contributed by atoms with van der Waals surface area (Å²) in [7, 11) is 0. The van der Waals surface area contributed by atoms with Crippen LogP contribution in [0.2, 0.25) is 0 Å². The second kappa shape index (κ2) is 7.94. The van der Waals surface area contributed by atoms with E-state index in [0.717, 1.165) is 38.1 Å². The lowest BCUT2D eigenvalue weighted by Crippen LogP contribution is -2.22. The number of thioether (sulfide) groups is 1. The Hall–Kier alpha value is -2.75. The van der Waals surface area contributed by atoms with Crippen molar-refractivity contribution in [1.29, 1.82) is 0 Å².